The van der Waals surface area contributed by atoms with Crippen LogP contribution >= 0.6 is 15.9 Å². The van der Waals surface area contributed by atoms with Gasteiger partial charge in [-0.05, 0) is 64.7 Å². The summed E-state index contributed by atoms with van der Waals surface area (Å²) in [6, 6.07) is 13.4. The molecule has 0 bridgehead atoms. The topological polar surface area (TPSA) is 47.6 Å². The van der Waals surface area contributed by atoms with Gasteiger partial charge in [-0.25, -0.2) is 0 Å². The van der Waals surface area contributed by atoms with E-state index in [1.54, 1.807) is 7.11 Å². The maximum Gasteiger partial charge on any atom is 0.258 e. The van der Waals surface area contributed by atoms with Crippen molar-refractivity contribution in [3.05, 3.63) is 58.1 Å². The van der Waals surface area contributed by atoms with Crippen LogP contribution in [-0.4, -0.2) is 19.6 Å². The molecule has 24 heavy (non-hydrogen) atoms. The smallest absolute Gasteiger partial charge is 0.258 e. The number of ether oxygens (including phenoxy) is 2. The Labute approximate surface area is 151 Å². The number of hydrogen-bond donors (Lipinski definition) is 1. The highest BCUT2D eigenvalue weighted by molar-refractivity contribution is 9.10. The van der Waals surface area contributed by atoms with Gasteiger partial charge >= 0.3 is 0 Å². The van der Waals surface area contributed by atoms with Crippen molar-refractivity contribution >= 4 is 21.8 Å². The number of amides is 1. The summed E-state index contributed by atoms with van der Waals surface area (Å²) in [5.41, 5.74) is 2.23. The van der Waals surface area contributed by atoms with Crippen LogP contribution in [0.25, 0.3) is 0 Å². The lowest BCUT2D eigenvalue weighted by Gasteiger charge is -2.15. The van der Waals surface area contributed by atoms with Gasteiger partial charge in [0.05, 0.1) is 17.6 Å². The van der Waals surface area contributed by atoms with E-state index in [0.717, 1.165) is 22.2 Å². The Morgan fingerprint density at radius 2 is 1.92 bits per heavy atom. The second-order valence-electron chi connectivity index (χ2n) is 5.47. The van der Waals surface area contributed by atoms with E-state index < -0.39 is 0 Å². The highest BCUT2D eigenvalue weighted by atomic mass is 79.9. The summed E-state index contributed by atoms with van der Waals surface area (Å²) in [6.07, 6.45) is 0.957. The summed E-state index contributed by atoms with van der Waals surface area (Å²) in [5, 5.41) is 2.93. The van der Waals surface area contributed by atoms with Crippen molar-refractivity contribution < 1.29 is 14.3 Å². The van der Waals surface area contributed by atoms with Gasteiger partial charge < -0.3 is 14.8 Å². The maximum absolute atomic E-state index is 12.1. The molecular formula is C19H22BrNO3. The van der Waals surface area contributed by atoms with E-state index >= 15 is 0 Å². The Balaban J connectivity index is 1.88. The molecule has 1 atom stereocenters. The van der Waals surface area contributed by atoms with Crippen molar-refractivity contribution in [2.45, 2.75) is 26.3 Å². The molecule has 2 rings (SSSR count). The Morgan fingerprint density at radius 1 is 1.21 bits per heavy atom. The molecule has 1 N–H and O–H groups in total. The lowest BCUT2D eigenvalue weighted by atomic mass is 10.1. The number of carbonyl (C=O) groups excluding carboxylic acids is 1. The van der Waals surface area contributed by atoms with E-state index in [-0.39, 0.29) is 18.6 Å². The van der Waals surface area contributed by atoms with Crippen LogP contribution in [0.15, 0.2) is 46.9 Å². The molecule has 0 unspecified atom stereocenters. The number of hydrogen-bond acceptors (Lipinski definition) is 3. The van der Waals surface area contributed by atoms with Crippen LogP contribution in [0.2, 0.25) is 0 Å². The minimum absolute atomic E-state index is 0.0232. The van der Waals surface area contributed by atoms with Gasteiger partial charge in [0.1, 0.15) is 11.5 Å². The Hall–Kier alpha value is -2.01. The molecule has 4 nitrogen and oxygen atoms in total. The van der Waals surface area contributed by atoms with Gasteiger partial charge in [0, 0.05) is 0 Å². The zero-order valence-corrected chi connectivity index (χ0v) is 15.7. The van der Waals surface area contributed by atoms with Gasteiger partial charge in [0.15, 0.2) is 6.61 Å². The lowest BCUT2D eigenvalue weighted by molar-refractivity contribution is -0.123. The molecule has 0 radical (unpaired) electrons. The zero-order valence-electron chi connectivity index (χ0n) is 14.1. The number of methoxy groups -OCH3 is 1. The second-order valence-corrected chi connectivity index (χ2v) is 6.32. The molecule has 1 amide bonds. The molecule has 0 aliphatic carbocycles. The van der Waals surface area contributed by atoms with Crippen LogP contribution in [-0.2, 0) is 11.2 Å². The first-order chi connectivity index (χ1) is 11.5. The van der Waals surface area contributed by atoms with E-state index in [1.165, 1.54) is 5.56 Å². The summed E-state index contributed by atoms with van der Waals surface area (Å²) in [4.78, 5) is 12.1. The molecule has 2 aromatic carbocycles. The molecule has 0 heterocycles. The highest BCUT2D eigenvalue weighted by Crippen LogP contribution is 2.26. The summed E-state index contributed by atoms with van der Waals surface area (Å²) >= 11 is 3.47. The number of nitrogens with one attached hydrogen (secondary N) is 1. The molecule has 128 valence electrons. The summed E-state index contributed by atoms with van der Waals surface area (Å²) < 4.78 is 11.6. The van der Waals surface area contributed by atoms with E-state index in [2.05, 4.69) is 28.2 Å². The summed E-state index contributed by atoms with van der Waals surface area (Å²) in [6.45, 7) is 4.01. The van der Waals surface area contributed by atoms with Crippen molar-refractivity contribution in [3.8, 4) is 11.5 Å². The number of carbonyl (C=O) groups is 1. The van der Waals surface area contributed by atoms with E-state index in [4.69, 9.17) is 9.47 Å². The first kappa shape index (κ1) is 18.3. The van der Waals surface area contributed by atoms with Crippen molar-refractivity contribution in [3.63, 3.8) is 0 Å². The van der Waals surface area contributed by atoms with E-state index in [1.807, 2.05) is 49.4 Å². The fraction of sp³-hybridized carbons (Fsp3) is 0.316. The zero-order chi connectivity index (χ0) is 17.5. The average molecular weight is 392 g/mol. The molecule has 0 aliphatic rings. The number of halogens is 1. The molecule has 0 fully saturated rings. The number of rotatable bonds is 7. The largest absolute Gasteiger partial charge is 0.497 e. The summed E-state index contributed by atoms with van der Waals surface area (Å²) in [7, 11) is 1.63. The molecule has 0 aromatic heterocycles. The molecule has 0 saturated carbocycles. The van der Waals surface area contributed by atoms with Crippen molar-refractivity contribution in [2.75, 3.05) is 13.7 Å². The third kappa shape index (κ3) is 4.99. The van der Waals surface area contributed by atoms with Gasteiger partial charge in [-0.1, -0.05) is 25.1 Å². The molecule has 2 aromatic rings. The van der Waals surface area contributed by atoms with Crippen LogP contribution in [0.5, 0.6) is 11.5 Å². The predicted molar refractivity (Wildman–Crippen MR) is 98.6 cm³/mol. The van der Waals surface area contributed by atoms with Gasteiger partial charge in [-0.2, -0.15) is 0 Å². The molecule has 0 aliphatic heterocycles. The fourth-order valence-electron chi connectivity index (χ4n) is 2.28. The van der Waals surface area contributed by atoms with Gasteiger partial charge in [0.25, 0.3) is 5.91 Å². The number of aryl methyl sites for hydroxylation is 1. The minimum atomic E-state index is -0.162. The van der Waals surface area contributed by atoms with Crippen LogP contribution in [0, 0.1) is 0 Å². The Morgan fingerprint density at radius 3 is 2.50 bits per heavy atom. The van der Waals surface area contributed by atoms with Gasteiger partial charge in [-0.3, -0.25) is 4.79 Å². The Kier molecular flexibility index (Phi) is 6.67. The third-order valence-electron chi connectivity index (χ3n) is 3.76. The predicted octanol–water partition coefficient (Wildman–Crippen LogP) is 4.28. The van der Waals surface area contributed by atoms with Crippen LogP contribution in [0.4, 0.5) is 0 Å². The standard InChI is InChI=1S/C19H22BrNO3/c1-4-14-5-10-18(17(20)11-14)24-12-19(22)21-13(2)15-6-8-16(23-3)9-7-15/h5-11,13H,4,12H2,1-3H3,(H,21,22)/t13-/m0/s1. The first-order valence-corrected chi connectivity index (χ1v) is 8.67. The van der Waals surface area contributed by atoms with Gasteiger partial charge in [-0.15, -0.1) is 0 Å². The third-order valence-corrected chi connectivity index (χ3v) is 4.38. The average Bonchev–Trinajstić information content (AvgIpc) is 2.60. The first-order valence-electron chi connectivity index (χ1n) is 7.88. The van der Waals surface area contributed by atoms with Crippen LogP contribution < -0.4 is 14.8 Å². The second kappa shape index (κ2) is 8.73. The fourth-order valence-corrected chi connectivity index (χ4v) is 2.82. The highest BCUT2D eigenvalue weighted by Gasteiger charge is 2.11. The number of benzene rings is 2. The minimum Gasteiger partial charge on any atom is -0.497 e. The van der Waals surface area contributed by atoms with Crippen LogP contribution in [0.3, 0.4) is 0 Å². The van der Waals surface area contributed by atoms with Gasteiger partial charge in [0.2, 0.25) is 0 Å². The monoisotopic (exact) mass is 391 g/mol. The SMILES string of the molecule is CCc1ccc(OCC(=O)N[C@@H](C)c2ccc(OC)cc2)c(Br)c1. The molecule has 0 saturated heterocycles. The Bertz CT molecular complexity index is 686. The van der Waals surface area contributed by atoms with Crippen LogP contribution in [0.1, 0.15) is 31.0 Å². The lowest BCUT2D eigenvalue weighted by Crippen LogP contribution is -2.31. The molecular weight excluding hydrogens is 370 g/mol. The normalized spacial score (nSPS) is 11.7. The maximum atomic E-state index is 12.1. The summed E-state index contributed by atoms with van der Waals surface area (Å²) in [5.74, 6) is 1.30. The molecule has 5 heteroatoms. The van der Waals surface area contributed by atoms with E-state index in [9.17, 15) is 4.79 Å². The van der Waals surface area contributed by atoms with Crippen molar-refractivity contribution in [1.82, 2.24) is 5.32 Å². The van der Waals surface area contributed by atoms with Crippen molar-refractivity contribution in [1.29, 1.82) is 0 Å². The van der Waals surface area contributed by atoms with E-state index in [0.29, 0.717) is 5.75 Å². The molecule has 0 spiro atoms. The quantitative estimate of drug-likeness (QED) is 0.765. The van der Waals surface area contributed by atoms with Crippen molar-refractivity contribution in [2.24, 2.45) is 0 Å².